The first-order valence-corrected chi connectivity index (χ1v) is 7.93. The number of hydrogen-bond acceptors (Lipinski definition) is 7. The Hall–Kier alpha value is -2.65. The van der Waals surface area contributed by atoms with Crippen molar-refractivity contribution in [3.05, 3.63) is 35.0 Å². The highest BCUT2D eigenvalue weighted by atomic mass is 32.1. The molecule has 2 aromatic heterocycles. The van der Waals surface area contributed by atoms with E-state index in [-0.39, 0.29) is 11.8 Å². The molecule has 2 heterocycles. The Bertz CT molecular complexity index is 821. The van der Waals surface area contributed by atoms with E-state index < -0.39 is 0 Å². The first-order valence-electron chi connectivity index (χ1n) is 6.17. The molecule has 0 atom stereocenters. The molecule has 0 spiro atoms. The van der Waals surface area contributed by atoms with Gasteiger partial charge in [0.25, 0.3) is 0 Å². The fourth-order valence-corrected chi connectivity index (χ4v) is 3.07. The number of benzene rings is 1. The Morgan fingerprint density at radius 2 is 2.05 bits per heavy atom. The Labute approximate surface area is 134 Å². The smallest absolute Gasteiger partial charge is 0.223 e. The minimum Gasteiger partial charge on any atom is -0.493 e. The largest absolute Gasteiger partial charge is 0.493 e. The molecule has 0 saturated carbocycles. The van der Waals surface area contributed by atoms with Crippen LogP contribution in [-0.2, 0) is 0 Å². The number of anilines is 2. The monoisotopic (exact) mass is 332 g/mol. The summed E-state index contributed by atoms with van der Waals surface area (Å²) in [4.78, 5) is 12.2. The molecule has 0 fully saturated rings. The number of guanidine groups is 1. The van der Waals surface area contributed by atoms with Gasteiger partial charge in [0.1, 0.15) is 0 Å². The van der Waals surface area contributed by atoms with Gasteiger partial charge in [-0.3, -0.25) is 0 Å². The third kappa shape index (κ3) is 3.32. The SMILES string of the molecule is NC(N)=Nc1nc(-c2cccc(Nc3nc(O)cs3)c2)cs1. The highest BCUT2D eigenvalue weighted by molar-refractivity contribution is 7.14. The van der Waals surface area contributed by atoms with Gasteiger partial charge in [-0.25, -0.2) is 4.98 Å². The molecule has 9 heteroatoms. The summed E-state index contributed by atoms with van der Waals surface area (Å²) in [6, 6.07) is 7.70. The van der Waals surface area contributed by atoms with Crippen LogP contribution in [0.25, 0.3) is 11.3 Å². The molecule has 0 amide bonds. The van der Waals surface area contributed by atoms with E-state index in [1.54, 1.807) is 5.38 Å². The molecule has 1 aromatic carbocycles. The summed E-state index contributed by atoms with van der Waals surface area (Å²) in [6.45, 7) is 0. The maximum atomic E-state index is 9.26. The lowest BCUT2D eigenvalue weighted by Crippen LogP contribution is -2.21. The Morgan fingerprint density at radius 3 is 2.77 bits per heavy atom. The van der Waals surface area contributed by atoms with Gasteiger partial charge >= 0.3 is 0 Å². The zero-order valence-corrected chi connectivity index (χ0v) is 12.9. The van der Waals surface area contributed by atoms with Gasteiger partial charge in [-0.05, 0) is 12.1 Å². The number of thiazole rings is 2. The molecule has 112 valence electrons. The standard InChI is InChI=1S/C13H12N6OS2/c14-11(15)19-13-17-9(5-21-13)7-2-1-3-8(4-7)16-12-18-10(20)6-22-12/h1-6,20H,(H,16,18)(H4,14,15,17,19). The number of aromatic hydroxyl groups is 1. The van der Waals surface area contributed by atoms with E-state index in [1.165, 1.54) is 22.7 Å². The van der Waals surface area contributed by atoms with Crippen molar-refractivity contribution in [2.45, 2.75) is 0 Å². The van der Waals surface area contributed by atoms with Gasteiger partial charge in [-0.2, -0.15) is 9.98 Å². The van der Waals surface area contributed by atoms with Crippen molar-refractivity contribution in [3.8, 4) is 17.1 Å². The van der Waals surface area contributed by atoms with E-state index in [2.05, 4.69) is 20.3 Å². The number of nitrogens with one attached hydrogen (secondary N) is 1. The second-order valence-corrected chi connectivity index (χ2v) is 5.96. The van der Waals surface area contributed by atoms with Crippen molar-refractivity contribution in [1.29, 1.82) is 0 Å². The Kier molecular flexibility index (Phi) is 3.90. The molecule has 3 aromatic rings. The van der Waals surface area contributed by atoms with Crippen molar-refractivity contribution < 1.29 is 5.11 Å². The summed E-state index contributed by atoms with van der Waals surface area (Å²) in [6.07, 6.45) is 0. The first kappa shape index (κ1) is 14.3. The van der Waals surface area contributed by atoms with Gasteiger partial charge in [-0.1, -0.05) is 12.1 Å². The van der Waals surface area contributed by atoms with Crippen LogP contribution in [0.5, 0.6) is 5.88 Å². The van der Waals surface area contributed by atoms with Gasteiger partial charge in [0, 0.05) is 16.6 Å². The predicted molar refractivity (Wildman–Crippen MR) is 90.1 cm³/mol. The highest BCUT2D eigenvalue weighted by Gasteiger charge is 2.06. The van der Waals surface area contributed by atoms with Crippen LogP contribution in [0.4, 0.5) is 16.0 Å². The maximum absolute atomic E-state index is 9.26. The summed E-state index contributed by atoms with van der Waals surface area (Å²) in [7, 11) is 0. The Balaban J connectivity index is 1.84. The molecule has 6 N–H and O–H groups in total. The van der Waals surface area contributed by atoms with Crippen LogP contribution in [0.3, 0.4) is 0 Å². The number of aliphatic imine (C=N–C) groups is 1. The van der Waals surface area contributed by atoms with Gasteiger partial charge < -0.3 is 21.9 Å². The van der Waals surface area contributed by atoms with Crippen LogP contribution in [0.2, 0.25) is 0 Å². The van der Waals surface area contributed by atoms with Crippen molar-refractivity contribution in [2.24, 2.45) is 16.5 Å². The first-order chi connectivity index (χ1) is 10.6. The zero-order chi connectivity index (χ0) is 15.5. The lowest BCUT2D eigenvalue weighted by molar-refractivity contribution is 0.458. The van der Waals surface area contributed by atoms with Gasteiger partial charge in [0.15, 0.2) is 11.1 Å². The minimum atomic E-state index is -0.0140. The zero-order valence-electron chi connectivity index (χ0n) is 11.2. The highest BCUT2D eigenvalue weighted by Crippen LogP contribution is 2.30. The molecule has 0 bridgehead atoms. The minimum absolute atomic E-state index is 0.00466. The molecule has 0 aliphatic rings. The molecule has 0 aliphatic heterocycles. The quantitative estimate of drug-likeness (QED) is 0.430. The van der Waals surface area contributed by atoms with Crippen molar-refractivity contribution in [1.82, 2.24) is 9.97 Å². The number of nitrogens with zero attached hydrogens (tertiary/aromatic N) is 3. The van der Waals surface area contributed by atoms with Crippen LogP contribution >= 0.6 is 22.7 Å². The van der Waals surface area contributed by atoms with E-state index in [0.29, 0.717) is 10.3 Å². The van der Waals surface area contributed by atoms with Crippen LogP contribution in [0.15, 0.2) is 40.0 Å². The molecule has 0 unspecified atom stereocenters. The third-order valence-electron chi connectivity index (χ3n) is 2.62. The van der Waals surface area contributed by atoms with Gasteiger partial charge in [0.2, 0.25) is 11.0 Å². The second-order valence-electron chi connectivity index (χ2n) is 4.27. The number of aromatic nitrogens is 2. The molecule has 22 heavy (non-hydrogen) atoms. The normalized spacial score (nSPS) is 10.4. The van der Waals surface area contributed by atoms with Crippen LogP contribution < -0.4 is 16.8 Å². The average Bonchev–Trinajstić information content (AvgIpc) is 3.08. The summed E-state index contributed by atoms with van der Waals surface area (Å²) < 4.78 is 0. The molecular weight excluding hydrogens is 320 g/mol. The summed E-state index contributed by atoms with van der Waals surface area (Å²) in [5.41, 5.74) is 13.3. The van der Waals surface area contributed by atoms with Gasteiger partial charge in [-0.15, -0.1) is 22.7 Å². The summed E-state index contributed by atoms with van der Waals surface area (Å²) >= 11 is 2.69. The van der Waals surface area contributed by atoms with Crippen LogP contribution in [0.1, 0.15) is 0 Å². The summed E-state index contributed by atoms with van der Waals surface area (Å²) in [5, 5.41) is 17.0. The maximum Gasteiger partial charge on any atom is 0.223 e. The van der Waals surface area contributed by atoms with Crippen molar-refractivity contribution in [2.75, 3.05) is 5.32 Å². The van der Waals surface area contributed by atoms with E-state index in [4.69, 9.17) is 11.5 Å². The molecule has 0 aliphatic carbocycles. The van der Waals surface area contributed by atoms with Gasteiger partial charge in [0.05, 0.1) is 11.1 Å². The molecule has 7 nitrogen and oxygen atoms in total. The summed E-state index contributed by atoms with van der Waals surface area (Å²) in [5.74, 6) is -0.00933. The number of rotatable bonds is 4. The third-order valence-corrected chi connectivity index (χ3v) is 4.10. The van der Waals surface area contributed by atoms with E-state index in [1.807, 2.05) is 29.6 Å². The van der Waals surface area contributed by atoms with Crippen molar-refractivity contribution in [3.63, 3.8) is 0 Å². The van der Waals surface area contributed by atoms with E-state index in [0.717, 1.165) is 16.9 Å². The van der Waals surface area contributed by atoms with Crippen LogP contribution in [0, 0.1) is 0 Å². The fraction of sp³-hybridized carbons (Fsp3) is 0. The molecule has 0 radical (unpaired) electrons. The molecule has 3 rings (SSSR count). The van der Waals surface area contributed by atoms with E-state index >= 15 is 0 Å². The van der Waals surface area contributed by atoms with Crippen LogP contribution in [-0.4, -0.2) is 21.0 Å². The molecular formula is C13H12N6OS2. The number of hydrogen-bond donors (Lipinski definition) is 4. The lowest BCUT2D eigenvalue weighted by atomic mass is 10.1. The van der Waals surface area contributed by atoms with E-state index in [9.17, 15) is 5.11 Å². The fourth-order valence-electron chi connectivity index (χ4n) is 1.76. The lowest BCUT2D eigenvalue weighted by Gasteiger charge is -2.04. The second kappa shape index (κ2) is 6.00. The topological polar surface area (TPSA) is 122 Å². The van der Waals surface area contributed by atoms with Crippen molar-refractivity contribution >= 4 is 44.6 Å². The molecule has 0 saturated heterocycles. The average molecular weight is 332 g/mol. The Morgan fingerprint density at radius 1 is 1.18 bits per heavy atom. The predicted octanol–water partition coefficient (Wildman–Crippen LogP) is 2.62. The number of nitrogens with two attached hydrogens (primary N) is 2.